The summed E-state index contributed by atoms with van der Waals surface area (Å²) in [5.41, 5.74) is 0. The second kappa shape index (κ2) is 5.07. The fraction of sp³-hybridized carbons (Fsp3) is 1.00. The van der Waals surface area contributed by atoms with Gasteiger partial charge in [0.15, 0.2) is 0 Å². The van der Waals surface area contributed by atoms with Crippen LogP contribution in [0, 0.1) is 0 Å². The van der Waals surface area contributed by atoms with E-state index >= 15 is 0 Å². The lowest BCUT2D eigenvalue weighted by Crippen LogP contribution is -2.62. The van der Waals surface area contributed by atoms with Crippen molar-refractivity contribution in [1.29, 1.82) is 0 Å². The maximum atomic E-state index is 11.4. The summed E-state index contributed by atoms with van der Waals surface area (Å²) in [7, 11) is -2.72. The van der Waals surface area contributed by atoms with Gasteiger partial charge in [-0.25, -0.2) is 8.42 Å². The number of sulfone groups is 1. The van der Waals surface area contributed by atoms with E-state index in [9.17, 15) is 8.42 Å². The van der Waals surface area contributed by atoms with E-state index in [0.717, 1.165) is 58.2 Å². The van der Waals surface area contributed by atoms with Crippen LogP contribution in [0.25, 0.3) is 0 Å². The highest BCUT2D eigenvalue weighted by atomic mass is 32.2. The van der Waals surface area contributed by atoms with Gasteiger partial charge < -0.3 is 5.32 Å². The molecule has 3 fully saturated rings. The Hall–Kier alpha value is -0.170. The summed E-state index contributed by atoms with van der Waals surface area (Å²) in [5, 5.41) is 3.32. The molecule has 104 valence electrons. The van der Waals surface area contributed by atoms with Gasteiger partial charge in [-0.2, -0.15) is 0 Å². The summed E-state index contributed by atoms with van der Waals surface area (Å²) in [6.07, 6.45) is 1.68. The maximum absolute atomic E-state index is 11.4. The molecule has 3 aliphatic rings. The van der Waals surface area contributed by atoms with E-state index in [2.05, 4.69) is 15.1 Å². The van der Waals surface area contributed by atoms with Crippen molar-refractivity contribution in [2.24, 2.45) is 0 Å². The second-order valence-corrected chi connectivity index (χ2v) is 8.07. The van der Waals surface area contributed by atoms with Crippen molar-refractivity contribution >= 4 is 9.84 Å². The van der Waals surface area contributed by atoms with E-state index in [0.29, 0.717) is 17.5 Å². The largest absolute Gasteiger partial charge is 0.314 e. The van der Waals surface area contributed by atoms with Gasteiger partial charge in [0.25, 0.3) is 0 Å². The highest BCUT2D eigenvalue weighted by Crippen LogP contribution is 2.20. The quantitative estimate of drug-likeness (QED) is 0.710. The van der Waals surface area contributed by atoms with Gasteiger partial charge in [0.1, 0.15) is 9.84 Å². The van der Waals surface area contributed by atoms with Gasteiger partial charge in [-0.1, -0.05) is 0 Å². The summed E-state index contributed by atoms with van der Waals surface area (Å²) in [6.45, 7) is 6.80. The van der Waals surface area contributed by atoms with Gasteiger partial charge in [-0.05, 0) is 12.8 Å². The van der Waals surface area contributed by atoms with Crippen LogP contribution in [0.5, 0.6) is 0 Å². The average molecular weight is 273 g/mol. The van der Waals surface area contributed by atoms with Crippen molar-refractivity contribution in [1.82, 2.24) is 15.1 Å². The maximum Gasteiger partial charge on any atom is 0.150 e. The van der Waals surface area contributed by atoms with Gasteiger partial charge >= 0.3 is 0 Å². The third kappa shape index (κ3) is 2.71. The molecule has 0 saturated carbocycles. The number of nitrogens with zero attached hydrogens (tertiary/aromatic N) is 2. The standard InChI is InChI=1S/C12H23N3O2S/c16-18(17)7-1-11(2-8-18)14-3-5-15(6-4-14)12-9-13-10-12/h11-13H,1-10H2. The first kappa shape index (κ1) is 12.8. The highest BCUT2D eigenvalue weighted by molar-refractivity contribution is 7.91. The number of rotatable bonds is 2. The van der Waals surface area contributed by atoms with Crippen molar-refractivity contribution in [2.75, 3.05) is 50.8 Å². The van der Waals surface area contributed by atoms with Gasteiger partial charge in [-0.3, -0.25) is 9.80 Å². The van der Waals surface area contributed by atoms with Crippen LogP contribution < -0.4 is 5.32 Å². The van der Waals surface area contributed by atoms with Crippen LogP contribution in [0.15, 0.2) is 0 Å². The Morgan fingerprint density at radius 2 is 1.33 bits per heavy atom. The first-order valence-corrected chi connectivity index (χ1v) is 8.85. The van der Waals surface area contributed by atoms with Crippen LogP contribution in [0.4, 0.5) is 0 Å². The molecule has 5 nitrogen and oxygen atoms in total. The molecule has 0 unspecified atom stereocenters. The summed E-state index contributed by atoms with van der Waals surface area (Å²) in [4.78, 5) is 5.09. The monoisotopic (exact) mass is 273 g/mol. The lowest BCUT2D eigenvalue weighted by molar-refractivity contribution is 0.0492. The molecule has 0 radical (unpaired) electrons. The number of hydrogen-bond donors (Lipinski definition) is 1. The second-order valence-electron chi connectivity index (χ2n) is 5.77. The molecular formula is C12H23N3O2S. The third-order valence-electron chi connectivity index (χ3n) is 4.67. The van der Waals surface area contributed by atoms with Crippen LogP contribution in [-0.4, -0.2) is 81.1 Å². The van der Waals surface area contributed by atoms with Crippen molar-refractivity contribution in [2.45, 2.75) is 24.9 Å². The molecule has 6 heteroatoms. The molecule has 0 aromatic rings. The Morgan fingerprint density at radius 3 is 1.78 bits per heavy atom. The smallest absolute Gasteiger partial charge is 0.150 e. The molecule has 3 rings (SSSR count). The molecule has 3 saturated heterocycles. The van der Waals surface area contributed by atoms with Gasteiger partial charge in [0.05, 0.1) is 11.5 Å². The lowest BCUT2D eigenvalue weighted by Gasteiger charge is -2.45. The topological polar surface area (TPSA) is 52.7 Å². The Kier molecular flexibility index (Phi) is 3.62. The van der Waals surface area contributed by atoms with Gasteiger partial charge in [0.2, 0.25) is 0 Å². The Morgan fingerprint density at radius 1 is 0.833 bits per heavy atom. The van der Waals surface area contributed by atoms with Crippen LogP contribution in [0.2, 0.25) is 0 Å². The van der Waals surface area contributed by atoms with Crippen LogP contribution >= 0.6 is 0 Å². The van der Waals surface area contributed by atoms with Crippen molar-refractivity contribution in [3.63, 3.8) is 0 Å². The molecule has 0 aliphatic carbocycles. The molecular weight excluding hydrogens is 250 g/mol. The fourth-order valence-corrected chi connectivity index (χ4v) is 4.71. The van der Waals surface area contributed by atoms with Gasteiger partial charge in [0, 0.05) is 51.4 Å². The third-order valence-corrected chi connectivity index (χ3v) is 6.38. The molecule has 0 bridgehead atoms. The van der Waals surface area contributed by atoms with E-state index in [4.69, 9.17) is 0 Å². The minimum absolute atomic E-state index is 0.393. The first-order chi connectivity index (χ1) is 8.64. The molecule has 18 heavy (non-hydrogen) atoms. The van der Waals surface area contributed by atoms with Crippen molar-refractivity contribution in [3.05, 3.63) is 0 Å². The number of piperazine rings is 1. The van der Waals surface area contributed by atoms with E-state index in [1.54, 1.807) is 0 Å². The molecule has 3 aliphatic heterocycles. The van der Waals surface area contributed by atoms with Crippen molar-refractivity contribution in [3.8, 4) is 0 Å². The summed E-state index contributed by atoms with van der Waals surface area (Å²) in [6, 6.07) is 1.26. The highest BCUT2D eigenvalue weighted by Gasteiger charge is 2.32. The molecule has 0 atom stereocenters. The SMILES string of the molecule is O=S1(=O)CCC(N2CCN(C3CNC3)CC2)CC1. The lowest BCUT2D eigenvalue weighted by atomic mass is 10.1. The fourth-order valence-electron chi connectivity index (χ4n) is 3.24. The summed E-state index contributed by atoms with van der Waals surface area (Å²) >= 11 is 0. The van der Waals surface area contributed by atoms with E-state index in [1.807, 2.05) is 0 Å². The predicted octanol–water partition coefficient (Wildman–Crippen LogP) is -0.847. The molecule has 0 aromatic heterocycles. The zero-order valence-electron chi connectivity index (χ0n) is 10.8. The zero-order chi connectivity index (χ0) is 12.6. The van der Waals surface area contributed by atoms with Crippen LogP contribution in [-0.2, 0) is 9.84 Å². The predicted molar refractivity (Wildman–Crippen MR) is 71.5 cm³/mol. The van der Waals surface area contributed by atoms with Crippen LogP contribution in [0.1, 0.15) is 12.8 Å². The Bertz CT molecular complexity index is 372. The van der Waals surface area contributed by atoms with E-state index in [1.165, 1.54) is 0 Å². The molecule has 0 spiro atoms. The van der Waals surface area contributed by atoms with Gasteiger partial charge in [-0.15, -0.1) is 0 Å². The van der Waals surface area contributed by atoms with E-state index in [-0.39, 0.29) is 0 Å². The summed E-state index contributed by atoms with van der Waals surface area (Å²) in [5.74, 6) is 0.787. The number of hydrogen-bond acceptors (Lipinski definition) is 5. The normalized spacial score (nSPS) is 32.2. The molecule has 0 amide bonds. The number of nitrogens with one attached hydrogen (secondary N) is 1. The van der Waals surface area contributed by atoms with E-state index < -0.39 is 9.84 Å². The molecule has 0 aromatic carbocycles. The minimum Gasteiger partial charge on any atom is -0.314 e. The van der Waals surface area contributed by atoms with Crippen LogP contribution in [0.3, 0.4) is 0 Å². The first-order valence-electron chi connectivity index (χ1n) is 7.03. The van der Waals surface area contributed by atoms with Crippen molar-refractivity contribution < 1.29 is 8.42 Å². The molecule has 1 N–H and O–H groups in total. The molecule has 3 heterocycles. The summed E-state index contributed by atoms with van der Waals surface area (Å²) < 4.78 is 22.9. The Labute approximate surface area is 109 Å². The average Bonchev–Trinajstić information content (AvgIpc) is 2.28. The minimum atomic E-state index is -2.72. The Balaban J connectivity index is 1.47. The zero-order valence-corrected chi connectivity index (χ0v) is 11.7.